The summed E-state index contributed by atoms with van der Waals surface area (Å²) in [6, 6.07) is 156. The topological polar surface area (TPSA) is 86.5 Å². The SMILES string of the molecule is Brc1ccc2c(c1)c1ccccc1n2-c1ccc2oc3ccccc3c2c1.OB(O)c1ccc2c(c1)c1ccc3c4ccccc4sc3c1n2-c1ccc(-c2ccc(-c3ccccc3)cc2)cc1.c1ccc(-c2ccc(-c3ccc(-n4c5ccc(-c6ccc7c(c6)c6ccccc6n7-c6ccc7oc8ccccc8c7c6)cc5c5ccc6c7ccccc7sc6c54)cc3)cc2)cc1. The predicted molar refractivity (Wildman–Crippen MR) is 562 cm³/mol. The van der Waals surface area contributed by atoms with E-state index in [0.29, 0.717) is 5.46 Å². The summed E-state index contributed by atoms with van der Waals surface area (Å²) in [5.41, 5.74) is 30.0. The van der Waals surface area contributed by atoms with Gasteiger partial charge < -0.3 is 37.2 Å². The van der Waals surface area contributed by atoms with E-state index in [2.05, 4.69) is 422 Å². The van der Waals surface area contributed by atoms with Gasteiger partial charge in [0, 0.05) is 123 Å². The van der Waals surface area contributed by atoms with Gasteiger partial charge >= 0.3 is 7.12 Å². The van der Waals surface area contributed by atoms with Crippen molar-refractivity contribution in [3.8, 4) is 78.4 Å². The van der Waals surface area contributed by atoms with Crippen LogP contribution in [0.25, 0.3) is 250 Å². The molecule has 0 radical (unpaired) electrons. The molecule has 28 rings (SSSR count). The van der Waals surface area contributed by atoms with Crippen LogP contribution in [-0.4, -0.2) is 35.4 Å². The predicted octanol–water partition coefficient (Wildman–Crippen LogP) is 32.8. The third-order valence-electron chi connectivity index (χ3n) is 26.6. The third-order valence-corrected chi connectivity index (χ3v) is 29.5. The average Bonchev–Trinajstić information content (AvgIpc) is 1.56. The highest BCUT2D eigenvalue weighted by molar-refractivity contribution is 9.10. The Morgan fingerprint density at radius 3 is 0.962 bits per heavy atom. The summed E-state index contributed by atoms with van der Waals surface area (Å²) >= 11 is 7.31. The largest absolute Gasteiger partial charge is 0.488 e. The molecule has 20 aromatic carbocycles. The fourth-order valence-corrected chi connectivity index (χ4v) is 23.2. The first-order valence-electron chi connectivity index (χ1n) is 44.4. The summed E-state index contributed by atoms with van der Waals surface area (Å²) in [5.74, 6) is 0. The molecular weight excluding hydrogens is 1720 g/mol. The van der Waals surface area contributed by atoms with Gasteiger partial charge in [-0.25, -0.2) is 0 Å². The average molecular weight is 1790 g/mol. The standard InChI is InChI=1S/C60H36N2OS.C36H24BNO2S.C24H14BrNO/c1-2-10-37(11-3-1)38-18-20-39(21-19-38)40-22-26-43(27-23-40)62-55-32-25-42(35-51(55)48-29-30-49-47-14-6-9-17-58(47)64-60(49)59(48)62)41-24-31-54-50(34-41)45-12-4-7-15-53(45)61(54)44-28-33-57-52(36-44)46-13-5-8-16-56(46)63-57;39-37(40)27-16-21-33-32(22-27)30-19-20-31-29-8-4-5-9-34(29)41-36(31)35(30)38(33)28-17-14-26(15-18-28)25-12-10-24(11-13-25)23-6-2-1-3-7-23;25-15-9-11-22-19(13-15)17-5-1-3-7-21(17)26(22)16-10-12-24-20(14-16)18-6-2-4-8-23(18)27-24/h1-36H;1-22,39-40H;1-14H. The molecule has 12 heteroatoms. The van der Waals surface area contributed by atoms with Crippen LogP contribution in [0.4, 0.5) is 0 Å². The summed E-state index contributed by atoms with van der Waals surface area (Å²) in [6.45, 7) is 0. The van der Waals surface area contributed by atoms with E-state index in [1.54, 1.807) is 17.4 Å². The fraction of sp³-hybridized carbons (Fsp3) is 0. The quantitative estimate of drug-likeness (QED) is 0.134. The Morgan fingerprint density at radius 1 is 0.205 bits per heavy atom. The van der Waals surface area contributed by atoms with Crippen LogP contribution in [-0.2, 0) is 0 Å². The van der Waals surface area contributed by atoms with Gasteiger partial charge in [0.2, 0.25) is 0 Å². The van der Waals surface area contributed by atoms with Crippen LogP contribution in [0.2, 0.25) is 0 Å². The molecule has 0 aliphatic carbocycles. The van der Waals surface area contributed by atoms with E-state index in [1.165, 1.54) is 156 Å². The van der Waals surface area contributed by atoms with Crippen molar-refractivity contribution in [2.75, 3.05) is 0 Å². The molecule has 0 unspecified atom stereocenters. The summed E-state index contributed by atoms with van der Waals surface area (Å²) in [6.07, 6.45) is 0. The molecule has 0 saturated heterocycles. The second kappa shape index (κ2) is 31.2. The van der Waals surface area contributed by atoms with Crippen molar-refractivity contribution in [3.05, 3.63) is 441 Å². The molecule has 0 amide bonds. The fourth-order valence-electron chi connectivity index (χ4n) is 20.4. The van der Waals surface area contributed by atoms with Gasteiger partial charge in [0.15, 0.2) is 0 Å². The number of benzene rings is 20. The number of aromatic nitrogens is 4. The Balaban J connectivity index is 0.000000114. The Hall–Kier alpha value is -15.9. The lowest BCUT2D eigenvalue weighted by Gasteiger charge is -2.11. The molecule has 620 valence electrons. The summed E-state index contributed by atoms with van der Waals surface area (Å²) in [5, 5.41) is 39.1. The molecule has 28 aromatic rings. The van der Waals surface area contributed by atoms with Gasteiger partial charge in [-0.15, -0.1) is 22.7 Å². The van der Waals surface area contributed by atoms with Crippen LogP contribution in [0, 0.1) is 0 Å². The number of para-hydroxylation sites is 4. The Labute approximate surface area is 773 Å². The Kier molecular flexibility index (Phi) is 18.3. The van der Waals surface area contributed by atoms with E-state index in [4.69, 9.17) is 8.83 Å². The van der Waals surface area contributed by atoms with Gasteiger partial charge in [0.05, 0.1) is 53.5 Å². The van der Waals surface area contributed by atoms with Crippen LogP contribution in [0.15, 0.2) is 450 Å². The van der Waals surface area contributed by atoms with Crippen LogP contribution >= 0.6 is 38.6 Å². The highest BCUT2D eigenvalue weighted by atomic mass is 79.9. The number of thiophene rings is 2. The summed E-state index contributed by atoms with van der Waals surface area (Å²) < 4.78 is 27.9. The minimum Gasteiger partial charge on any atom is -0.456 e. The van der Waals surface area contributed by atoms with Gasteiger partial charge in [-0.05, 0) is 207 Å². The number of rotatable bonds is 10. The number of fused-ring (bicyclic) bond motifs is 26. The first kappa shape index (κ1) is 77.3. The lowest BCUT2D eigenvalue weighted by Crippen LogP contribution is -2.29. The number of hydrogen-bond acceptors (Lipinski definition) is 6. The van der Waals surface area contributed by atoms with Gasteiger partial charge in [0.25, 0.3) is 0 Å². The third kappa shape index (κ3) is 12.8. The smallest absolute Gasteiger partial charge is 0.456 e. The molecule has 0 aliphatic rings. The highest BCUT2D eigenvalue weighted by Crippen LogP contribution is 2.48. The zero-order chi connectivity index (χ0) is 87.3. The molecule has 8 aromatic heterocycles. The number of nitrogens with zero attached hydrogens (tertiary/aromatic N) is 4. The van der Waals surface area contributed by atoms with Gasteiger partial charge in [0.1, 0.15) is 22.3 Å². The van der Waals surface area contributed by atoms with Crippen molar-refractivity contribution in [1.82, 2.24) is 18.3 Å². The lowest BCUT2D eigenvalue weighted by atomic mass is 9.80. The van der Waals surface area contributed by atoms with Crippen molar-refractivity contribution >= 4 is 223 Å². The second-order valence-corrected chi connectivity index (χ2v) is 37.1. The molecule has 0 atom stereocenters. The maximum absolute atomic E-state index is 9.92. The number of halogens is 1. The minimum atomic E-state index is -1.52. The van der Waals surface area contributed by atoms with Gasteiger partial charge in [-0.3, -0.25) is 0 Å². The maximum Gasteiger partial charge on any atom is 0.488 e. The van der Waals surface area contributed by atoms with E-state index in [-0.39, 0.29) is 0 Å². The molecule has 0 spiro atoms. The first-order valence-corrected chi connectivity index (χ1v) is 46.8. The second-order valence-electron chi connectivity index (χ2n) is 34.1. The minimum absolute atomic E-state index is 0.488. The Morgan fingerprint density at radius 2 is 0.515 bits per heavy atom. The molecule has 0 bridgehead atoms. The van der Waals surface area contributed by atoms with Crippen molar-refractivity contribution in [3.63, 3.8) is 0 Å². The number of furan rings is 2. The van der Waals surface area contributed by atoms with E-state index in [1.807, 2.05) is 53.8 Å². The maximum atomic E-state index is 9.92. The van der Waals surface area contributed by atoms with Crippen molar-refractivity contribution in [1.29, 1.82) is 0 Å². The molecule has 8 heterocycles. The molecule has 0 saturated carbocycles. The first-order chi connectivity index (χ1) is 65.2. The normalized spacial score (nSPS) is 11.9. The van der Waals surface area contributed by atoms with E-state index in [9.17, 15) is 10.0 Å². The van der Waals surface area contributed by atoms with Crippen LogP contribution in [0.3, 0.4) is 0 Å². The summed E-state index contributed by atoms with van der Waals surface area (Å²) in [7, 11) is -1.52. The van der Waals surface area contributed by atoms with E-state index >= 15 is 0 Å². The lowest BCUT2D eigenvalue weighted by molar-refractivity contribution is 0.426. The number of hydrogen-bond donors (Lipinski definition) is 2. The van der Waals surface area contributed by atoms with E-state index < -0.39 is 7.12 Å². The van der Waals surface area contributed by atoms with Crippen LogP contribution in [0.5, 0.6) is 0 Å². The zero-order valence-corrected chi connectivity index (χ0v) is 74.1. The molecule has 132 heavy (non-hydrogen) atoms. The van der Waals surface area contributed by atoms with Crippen molar-refractivity contribution in [2.45, 2.75) is 0 Å². The molecule has 8 nitrogen and oxygen atoms in total. The van der Waals surface area contributed by atoms with Gasteiger partial charge in [-0.2, -0.15) is 0 Å². The Bertz CT molecular complexity index is 9510. The molecule has 0 aliphatic heterocycles. The van der Waals surface area contributed by atoms with Crippen LogP contribution in [0.1, 0.15) is 0 Å². The molecule has 2 N–H and O–H groups in total. The highest BCUT2D eigenvalue weighted by Gasteiger charge is 2.25. The zero-order valence-electron chi connectivity index (χ0n) is 70.8. The molecular formula is C120H74BBrN4O4S2. The monoisotopic (exact) mass is 1790 g/mol. The molecule has 0 fully saturated rings. The van der Waals surface area contributed by atoms with Crippen molar-refractivity contribution in [2.24, 2.45) is 0 Å². The van der Waals surface area contributed by atoms with Gasteiger partial charge in [-0.1, -0.05) is 307 Å². The summed E-state index contributed by atoms with van der Waals surface area (Å²) in [4.78, 5) is 0. The van der Waals surface area contributed by atoms with E-state index in [0.717, 1.165) is 98.5 Å². The van der Waals surface area contributed by atoms with Crippen molar-refractivity contribution < 1.29 is 18.9 Å². The van der Waals surface area contributed by atoms with Crippen LogP contribution < -0.4 is 5.46 Å².